The highest BCUT2D eigenvalue weighted by molar-refractivity contribution is 5.97. The normalized spacial score (nSPS) is 11.9. The number of rotatable bonds is 14. The van der Waals surface area contributed by atoms with Crippen LogP contribution >= 0.6 is 0 Å². The number of ether oxygens (including phenoxy) is 2. The van der Waals surface area contributed by atoms with Crippen molar-refractivity contribution < 1.29 is 24.3 Å². The average Bonchev–Trinajstić information content (AvgIpc) is 3.14. The molecule has 0 heterocycles. The summed E-state index contributed by atoms with van der Waals surface area (Å²) in [7, 11) is 1.47. The number of hydrogen-bond acceptors (Lipinski definition) is 7. The molecule has 48 heavy (non-hydrogen) atoms. The van der Waals surface area contributed by atoms with Gasteiger partial charge < -0.3 is 25.4 Å². The number of anilines is 2. The highest BCUT2D eigenvalue weighted by atomic mass is 16.5. The first-order chi connectivity index (χ1) is 23.4. The van der Waals surface area contributed by atoms with Gasteiger partial charge in [-0.2, -0.15) is 0 Å². The van der Waals surface area contributed by atoms with Gasteiger partial charge in [0.25, 0.3) is 5.91 Å². The Balaban J connectivity index is 1.48. The number of amides is 2. The molecule has 0 aliphatic rings. The van der Waals surface area contributed by atoms with E-state index in [2.05, 4.69) is 16.0 Å². The number of benzene rings is 5. The predicted molar refractivity (Wildman–Crippen MR) is 185 cm³/mol. The molecular weight excluding hydrogens is 606 g/mol. The minimum absolute atomic E-state index is 0.157. The van der Waals surface area contributed by atoms with Crippen LogP contribution in [-0.2, 0) is 27.5 Å². The summed E-state index contributed by atoms with van der Waals surface area (Å²) in [5.74, 6) is -0.447. The molecule has 0 aromatic heterocycles. The molecule has 10 heteroatoms. The smallest absolute Gasteiger partial charge is 0.258 e. The molecule has 1 unspecified atom stereocenters. The zero-order valence-electron chi connectivity index (χ0n) is 26.4. The summed E-state index contributed by atoms with van der Waals surface area (Å²) >= 11 is 0. The second-order valence-electron chi connectivity index (χ2n) is 10.9. The van der Waals surface area contributed by atoms with Crippen LogP contribution in [0.4, 0.5) is 11.4 Å². The number of carbonyl (C=O) groups excluding carboxylic acids is 2. The van der Waals surface area contributed by atoms with E-state index in [0.29, 0.717) is 40.4 Å². The van der Waals surface area contributed by atoms with Crippen LogP contribution in [0.5, 0.6) is 5.75 Å². The van der Waals surface area contributed by atoms with Crippen LogP contribution in [0.1, 0.15) is 40.0 Å². The number of carbonyl (C=O) groups is 2. The van der Waals surface area contributed by atoms with E-state index >= 15 is 0 Å². The molecule has 0 saturated heterocycles. The summed E-state index contributed by atoms with van der Waals surface area (Å²) in [4.78, 5) is 27.4. The molecular formula is C38H37N5O5. The van der Waals surface area contributed by atoms with Crippen LogP contribution in [0, 0.1) is 5.41 Å². The summed E-state index contributed by atoms with van der Waals surface area (Å²) in [5, 5.41) is 26.2. The zero-order valence-corrected chi connectivity index (χ0v) is 26.4. The van der Waals surface area contributed by atoms with E-state index in [4.69, 9.17) is 20.1 Å². The number of hydrogen-bond donors (Lipinski definition) is 6. The van der Waals surface area contributed by atoms with E-state index < -0.39 is 18.1 Å². The van der Waals surface area contributed by atoms with Gasteiger partial charge in [-0.05, 0) is 58.7 Å². The molecule has 2 amide bonds. The third-order valence-corrected chi connectivity index (χ3v) is 7.58. The van der Waals surface area contributed by atoms with Gasteiger partial charge in [0.1, 0.15) is 24.2 Å². The van der Waals surface area contributed by atoms with Crippen molar-refractivity contribution in [1.29, 1.82) is 5.41 Å². The van der Waals surface area contributed by atoms with Crippen LogP contribution in [0.2, 0.25) is 0 Å². The third kappa shape index (κ3) is 8.85. The summed E-state index contributed by atoms with van der Waals surface area (Å²) < 4.78 is 11.8. The topological polar surface area (TPSA) is 145 Å². The van der Waals surface area contributed by atoms with Crippen molar-refractivity contribution in [2.45, 2.75) is 25.3 Å². The average molecular weight is 644 g/mol. The van der Waals surface area contributed by atoms with Crippen molar-refractivity contribution >= 4 is 29.0 Å². The van der Waals surface area contributed by atoms with Crippen molar-refractivity contribution in [3.8, 4) is 5.75 Å². The van der Waals surface area contributed by atoms with Gasteiger partial charge in [-0.1, -0.05) is 97.1 Å². The fraction of sp³-hybridized carbons (Fsp3) is 0.132. The molecule has 2 atom stereocenters. The van der Waals surface area contributed by atoms with Crippen molar-refractivity contribution in [3.05, 3.63) is 161 Å². The van der Waals surface area contributed by atoms with E-state index in [-0.39, 0.29) is 18.3 Å². The Morgan fingerprint density at radius 1 is 0.750 bits per heavy atom. The first-order valence-corrected chi connectivity index (χ1v) is 15.3. The van der Waals surface area contributed by atoms with Crippen molar-refractivity contribution in [2.24, 2.45) is 0 Å². The molecule has 244 valence electrons. The second kappa shape index (κ2) is 16.5. The number of amidine groups is 1. The Morgan fingerprint density at radius 3 is 2.00 bits per heavy atom. The van der Waals surface area contributed by atoms with Crippen molar-refractivity contribution in [3.63, 3.8) is 0 Å². The minimum atomic E-state index is -0.888. The highest BCUT2D eigenvalue weighted by Crippen LogP contribution is 2.32. The molecule has 0 aliphatic heterocycles. The van der Waals surface area contributed by atoms with E-state index in [1.807, 2.05) is 96.5 Å². The molecule has 10 nitrogen and oxygen atoms in total. The van der Waals surface area contributed by atoms with Crippen LogP contribution in [-0.4, -0.2) is 30.0 Å². The third-order valence-electron chi connectivity index (χ3n) is 7.58. The zero-order chi connectivity index (χ0) is 33.7. The number of methoxy groups -OCH3 is 1. The van der Waals surface area contributed by atoms with Crippen LogP contribution in [0.25, 0.3) is 0 Å². The maximum absolute atomic E-state index is 13.8. The maximum Gasteiger partial charge on any atom is 0.258 e. The van der Waals surface area contributed by atoms with Crippen LogP contribution in [0.15, 0.2) is 133 Å². The standard InChI is InChI=1S/C38H37N5O5/c1-47-35(28-15-9-4-10-16-28)38(45)42-32-23-30(19-22-33(32)48-25-27-13-7-3-8-14-27)34(37(44)40-24-26-11-5-2-6-12-26)41-31-20-17-29(18-21-31)36(39)43-46/h2-23,34-35,41,46H,24-25H2,1H3,(H2,39,43)(H,40,44)(H,42,45)/t34-,35?/m0/s1. The Bertz CT molecular complexity index is 1800. The Labute approximate surface area is 279 Å². The Kier molecular flexibility index (Phi) is 11.5. The van der Waals surface area contributed by atoms with Gasteiger partial charge in [0, 0.05) is 24.9 Å². The number of nitrogens with one attached hydrogen (secondary N) is 5. The molecule has 5 rings (SSSR count). The van der Waals surface area contributed by atoms with Crippen molar-refractivity contribution in [2.75, 3.05) is 17.7 Å². The quantitative estimate of drug-likeness (QED) is 0.0469. The molecule has 5 aromatic carbocycles. The van der Waals surface area contributed by atoms with Crippen molar-refractivity contribution in [1.82, 2.24) is 10.8 Å². The summed E-state index contributed by atoms with van der Waals surface area (Å²) in [5.41, 5.74) is 6.40. The summed E-state index contributed by atoms with van der Waals surface area (Å²) in [6.45, 7) is 0.573. The van der Waals surface area contributed by atoms with E-state index in [9.17, 15) is 9.59 Å². The lowest BCUT2D eigenvalue weighted by Crippen LogP contribution is -2.33. The van der Waals surface area contributed by atoms with Gasteiger partial charge >= 0.3 is 0 Å². The monoisotopic (exact) mass is 643 g/mol. The lowest BCUT2D eigenvalue weighted by molar-refractivity contribution is -0.126. The predicted octanol–water partition coefficient (Wildman–Crippen LogP) is 6.37. The van der Waals surface area contributed by atoms with Gasteiger partial charge in [0.15, 0.2) is 6.10 Å². The van der Waals surface area contributed by atoms with E-state index in [1.165, 1.54) is 7.11 Å². The SMILES string of the molecule is COC(C(=O)Nc1cc([C@H](Nc2ccc(C(=N)NO)cc2)C(=O)NCc2ccccc2)ccc1OCc1ccccc1)c1ccccc1. The molecule has 0 aliphatic carbocycles. The lowest BCUT2D eigenvalue weighted by atomic mass is 10.0. The first kappa shape index (κ1) is 33.4. The largest absolute Gasteiger partial charge is 0.487 e. The van der Waals surface area contributed by atoms with Gasteiger partial charge in [0.2, 0.25) is 5.91 Å². The molecule has 6 N–H and O–H groups in total. The summed E-state index contributed by atoms with van der Waals surface area (Å²) in [6, 6.07) is 39.5. The fourth-order valence-corrected chi connectivity index (χ4v) is 5.06. The van der Waals surface area contributed by atoms with E-state index in [1.54, 1.807) is 42.5 Å². The van der Waals surface area contributed by atoms with Gasteiger partial charge in [-0.3, -0.25) is 25.7 Å². The molecule has 5 aromatic rings. The van der Waals surface area contributed by atoms with Gasteiger partial charge in [0.05, 0.1) is 5.69 Å². The minimum Gasteiger partial charge on any atom is -0.487 e. The second-order valence-corrected chi connectivity index (χ2v) is 10.9. The van der Waals surface area contributed by atoms with Crippen LogP contribution in [0.3, 0.4) is 0 Å². The summed E-state index contributed by atoms with van der Waals surface area (Å²) in [6.07, 6.45) is -0.884. The Morgan fingerprint density at radius 2 is 1.38 bits per heavy atom. The highest BCUT2D eigenvalue weighted by Gasteiger charge is 2.25. The molecule has 0 saturated carbocycles. The van der Waals surface area contributed by atoms with E-state index in [0.717, 1.165) is 11.1 Å². The number of hydroxylamine groups is 1. The van der Waals surface area contributed by atoms with Gasteiger partial charge in [-0.15, -0.1) is 0 Å². The van der Waals surface area contributed by atoms with Gasteiger partial charge in [-0.25, -0.2) is 0 Å². The first-order valence-electron chi connectivity index (χ1n) is 15.3. The van der Waals surface area contributed by atoms with Crippen LogP contribution < -0.4 is 26.2 Å². The molecule has 0 bridgehead atoms. The molecule has 0 radical (unpaired) electrons. The lowest BCUT2D eigenvalue weighted by Gasteiger charge is -2.23. The maximum atomic E-state index is 13.8. The fourth-order valence-electron chi connectivity index (χ4n) is 5.06. The molecule has 0 fully saturated rings. The molecule has 0 spiro atoms. The Hall–Kier alpha value is -5.97.